The molecular formula is C16H18BrFN2O. The molecule has 0 spiro atoms. The number of aromatic nitrogens is 2. The van der Waals surface area contributed by atoms with Crippen molar-refractivity contribution < 1.29 is 9.18 Å². The summed E-state index contributed by atoms with van der Waals surface area (Å²) >= 11 is 3.24. The largest absolute Gasteiger partial charge is 0.299 e. The first kappa shape index (κ1) is 15.9. The van der Waals surface area contributed by atoms with Gasteiger partial charge in [0.25, 0.3) is 0 Å². The first-order chi connectivity index (χ1) is 9.86. The van der Waals surface area contributed by atoms with E-state index in [0.29, 0.717) is 22.9 Å². The topological polar surface area (TPSA) is 34.9 Å². The van der Waals surface area contributed by atoms with E-state index in [-0.39, 0.29) is 18.0 Å². The van der Waals surface area contributed by atoms with Gasteiger partial charge >= 0.3 is 0 Å². The summed E-state index contributed by atoms with van der Waals surface area (Å²) in [5.41, 5.74) is 3.89. The SMILES string of the molecule is Cc1nn(C)c(C)c1CCC(=O)Cc1cc(F)cc(Br)c1. The molecule has 1 aromatic carbocycles. The molecule has 0 aliphatic rings. The monoisotopic (exact) mass is 352 g/mol. The zero-order valence-corrected chi connectivity index (χ0v) is 14.0. The number of nitrogens with zero attached hydrogens (tertiary/aromatic N) is 2. The summed E-state index contributed by atoms with van der Waals surface area (Å²) < 4.78 is 15.8. The summed E-state index contributed by atoms with van der Waals surface area (Å²) in [6, 6.07) is 4.57. The Kier molecular flexibility index (Phi) is 4.93. The van der Waals surface area contributed by atoms with Gasteiger partial charge in [0.15, 0.2) is 0 Å². The maximum Gasteiger partial charge on any atom is 0.137 e. The molecule has 112 valence electrons. The third kappa shape index (κ3) is 4.00. The molecule has 21 heavy (non-hydrogen) atoms. The molecule has 0 atom stereocenters. The van der Waals surface area contributed by atoms with Crippen LogP contribution in [0.3, 0.4) is 0 Å². The number of rotatable bonds is 5. The average Bonchev–Trinajstić information content (AvgIpc) is 2.60. The summed E-state index contributed by atoms with van der Waals surface area (Å²) in [4.78, 5) is 12.1. The minimum atomic E-state index is -0.328. The van der Waals surface area contributed by atoms with Crippen LogP contribution in [0.25, 0.3) is 0 Å². The van der Waals surface area contributed by atoms with Crippen LogP contribution in [0, 0.1) is 19.7 Å². The summed E-state index contributed by atoms with van der Waals surface area (Å²) in [7, 11) is 1.90. The minimum absolute atomic E-state index is 0.107. The second-order valence-electron chi connectivity index (χ2n) is 5.27. The van der Waals surface area contributed by atoms with Gasteiger partial charge in [0.05, 0.1) is 5.69 Å². The number of Topliss-reactive ketones (excluding diaryl/α,β-unsaturated/α-hetero) is 1. The van der Waals surface area contributed by atoms with Gasteiger partial charge in [0.2, 0.25) is 0 Å². The van der Waals surface area contributed by atoms with Gasteiger partial charge in [-0.05, 0) is 49.6 Å². The predicted molar refractivity (Wildman–Crippen MR) is 83.8 cm³/mol. The molecule has 2 rings (SSSR count). The van der Waals surface area contributed by atoms with Crippen LogP contribution in [0.1, 0.15) is 28.9 Å². The molecule has 0 aliphatic heterocycles. The lowest BCUT2D eigenvalue weighted by Crippen LogP contribution is -2.05. The molecule has 0 amide bonds. The van der Waals surface area contributed by atoms with E-state index in [9.17, 15) is 9.18 Å². The van der Waals surface area contributed by atoms with Crippen molar-refractivity contribution in [3.63, 3.8) is 0 Å². The van der Waals surface area contributed by atoms with Gasteiger partial charge in [-0.25, -0.2) is 4.39 Å². The number of hydrogen-bond acceptors (Lipinski definition) is 2. The Bertz CT molecular complexity index is 659. The minimum Gasteiger partial charge on any atom is -0.299 e. The third-order valence-electron chi connectivity index (χ3n) is 3.64. The number of carbonyl (C=O) groups excluding carboxylic acids is 1. The summed E-state index contributed by atoms with van der Waals surface area (Å²) in [6.07, 6.45) is 1.39. The van der Waals surface area contributed by atoms with Crippen molar-refractivity contribution in [2.45, 2.75) is 33.1 Å². The molecule has 1 aromatic heterocycles. The lowest BCUT2D eigenvalue weighted by Gasteiger charge is -2.04. The van der Waals surface area contributed by atoms with E-state index in [0.717, 1.165) is 17.0 Å². The van der Waals surface area contributed by atoms with Gasteiger partial charge in [0, 0.05) is 30.1 Å². The van der Waals surface area contributed by atoms with E-state index in [1.54, 1.807) is 6.07 Å². The number of carbonyl (C=O) groups is 1. The van der Waals surface area contributed by atoms with E-state index in [2.05, 4.69) is 21.0 Å². The molecule has 0 unspecified atom stereocenters. The Balaban J connectivity index is 1.99. The molecule has 0 radical (unpaired) electrons. The lowest BCUT2D eigenvalue weighted by molar-refractivity contribution is -0.118. The van der Waals surface area contributed by atoms with Crippen LogP contribution in [-0.2, 0) is 24.7 Å². The summed E-state index contributed by atoms with van der Waals surface area (Å²) in [5, 5.41) is 4.35. The van der Waals surface area contributed by atoms with Gasteiger partial charge in [0.1, 0.15) is 11.6 Å². The normalized spacial score (nSPS) is 10.9. The fourth-order valence-electron chi connectivity index (χ4n) is 2.47. The predicted octanol–water partition coefficient (Wildman–Crippen LogP) is 3.68. The first-order valence-corrected chi connectivity index (χ1v) is 7.62. The molecule has 1 heterocycles. The Morgan fingerprint density at radius 2 is 2.05 bits per heavy atom. The Morgan fingerprint density at radius 3 is 2.62 bits per heavy atom. The van der Waals surface area contributed by atoms with Crippen molar-refractivity contribution in [1.82, 2.24) is 9.78 Å². The summed E-state index contributed by atoms with van der Waals surface area (Å²) in [5.74, 6) is -0.221. The van der Waals surface area contributed by atoms with Crippen molar-refractivity contribution in [2.75, 3.05) is 0 Å². The van der Waals surface area contributed by atoms with Crippen LogP contribution in [-0.4, -0.2) is 15.6 Å². The van der Waals surface area contributed by atoms with Gasteiger partial charge < -0.3 is 0 Å². The number of benzene rings is 1. The Hall–Kier alpha value is -1.49. The number of hydrogen-bond donors (Lipinski definition) is 0. The second-order valence-corrected chi connectivity index (χ2v) is 6.18. The van der Waals surface area contributed by atoms with Crippen molar-refractivity contribution in [1.29, 1.82) is 0 Å². The van der Waals surface area contributed by atoms with Crippen LogP contribution in [0.5, 0.6) is 0 Å². The standard InChI is InChI=1S/C16H18BrFN2O/c1-10-16(11(2)20(3)19-10)5-4-15(21)8-12-6-13(17)9-14(18)7-12/h6-7,9H,4-5,8H2,1-3H3. The van der Waals surface area contributed by atoms with Gasteiger partial charge in [-0.3, -0.25) is 9.48 Å². The highest BCUT2D eigenvalue weighted by Gasteiger charge is 2.12. The van der Waals surface area contributed by atoms with E-state index in [1.807, 2.05) is 25.6 Å². The third-order valence-corrected chi connectivity index (χ3v) is 4.09. The Morgan fingerprint density at radius 1 is 1.33 bits per heavy atom. The molecule has 0 bridgehead atoms. The Labute approximate surface area is 132 Å². The van der Waals surface area contributed by atoms with E-state index in [1.165, 1.54) is 12.1 Å². The fraction of sp³-hybridized carbons (Fsp3) is 0.375. The maximum absolute atomic E-state index is 13.3. The van der Waals surface area contributed by atoms with Crippen LogP contribution in [0.15, 0.2) is 22.7 Å². The van der Waals surface area contributed by atoms with Crippen molar-refractivity contribution in [2.24, 2.45) is 7.05 Å². The molecule has 0 aliphatic carbocycles. The zero-order valence-electron chi connectivity index (χ0n) is 12.4. The molecule has 0 saturated carbocycles. The van der Waals surface area contributed by atoms with Gasteiger partial charge in [-0.2, -0.15) is 5.10 Å². The lowest BCUT2D eigenvalue weighted by atomic mass is 10.0. The van der Waals surface area contributed by atoms with Gasteiger partial charge in [-0.15, -0.1) is 0 Å². The van der Waals surface area contributed by atoms with E-state index < -0.39 is 0 Å². The first-order valence-electron chi connectivity index (χ1n) is 6.82. The molecule has 0 saturated heterocycles. The summed E-state index contributed by atoms with van der Waals surface area (Å²) in [6.45, 7) is 3.96. The quantitative estimate of drug-likeness (QED) is 0.822. The average molecular weight is 353 g/mol. The van der Waals surface area contributed by atoms with Crippen LogP contribution in [0.2, 0.25) is 0 Å². The van der Waals surface area contributed by atoms with Crippen LogP contribution >= 0.6 is 15.9 Å². The highest BCUT2D eigenvalue weighted by atomic mass is 79.9. The number of aryl methyl sites for hydroxylation is 2. The fourth-order valence-corrected chi connectivity index (χ4v) is 2.99. The van der Waals surface area contributed by atoms with Crippen molar-refractivity contribution >= 4 is 21.7 Å². The highest BCUT2D eigenvalue weighted by molar-refractivity contribution is 9.10. The van der Waals surface area contributed by atoms with Crippen LogP contribution < -0.4 is 0 Å². The second kappa shape index (κ2) is 6.52. The molecule has 2 aromatic rings. The number of halogens is 2. The van der Waals surface area contributed by atoms with Crippen molar-refractivity contribution in [3.8, 4) is 0 Å². The molecule has 0 fully saturated rings. The van der Waals surface area contributed by atoms with E-state index in [4.69, 9.17) is 0 Å². The molecular weight excluding hydrogens is 335 g/mol. The maximum atomic E-state index is 13.3. The number of ketones is 1. The highest BCUT2D eigenvalue weighted by Crippen LogP contribution is 2.17. The molecule has 3 nitrogen and oxygen atoms in total. The van der Waals surface area contributed by atoms with Crippen LogP contribution in [0.4, 0.5) is 4.39 Å². The molecule has 5 heteroatoms. The van der Waals surface area contributed by atoms with E-state index >= 15 is 0 Å². The zero-order chi connectivity index (χ0) is 15.6. The van der Waals surface area contributed by atoms with Crippen molar-refractivity contribution in [3.05, 3.63) is 51.0 Å². The van der Waals surface area contributed by atoms with Gasteiger partial charge in [-0.1, -0.05) is 15.9 Å². The molecule has 0 N–H and O–H groups in total. The smallest absolute Gasteiger partial charge is 0.137 e.